The lowest BCUT2D eigenvalue weighted by molar-refractivity contribution is 0.0709. The van der Waals surface area contributed by atoms with E-state index < -0.39 is 0 Å². The first-order valence-electron chi connectivity index (χ1n) is 9.36. The number of rotatable bonds is 2. The minimum absolute atomic E-state index is 0.0332. The van der Waals surface area contributed by atoms with E-state index in [4.69, 9.17) is 0 Å². The van der Waals surface area contributed by atoms with Crippen molar-refractivity contribution in [1.29, 1.82) is 0 Å². The third kappa shape index (κ3) is 2.76. The van der Waals surface area contributed by atoms with Gasteiger partial charge in [0.15, 0.2) is 0 Å². The highest BCUT2D eigenvalue weighted by atomic mass is 16.2. The molecule has 1 saturated heterocycles. The molecule has 1 aliphatic rings. The van der Waals surface area contributed by atoms with E-state index in [-0.39, 0.29) is 5.91 Å². The van der Waals surface area contributed by atoms with Gasteiger partial charge < -0.3 is 9.88 Å². The molecule has 1 aromatic carbocycles. The number of benzene rings is 1. The predicted molar refractivity (Wildman–Crippen MR) is 106 cm³/mol. The number of pyridine rings is 2. The molecule has 5 nitrogen and oxygen atoms in total. The molecule has 0 radical (unpaired) electrons. The van der Waals surface area contributed by atoms with Crippen LogP contribution < -0.4 is 0 Å². The van der Waals surface area contributed by atoms with Gasteiger partial charge in [-0.1, -0.05) is 24.3 Å². The number of hydrogen-bond acceptors (Lipinski definition) is 3. The Bertz CT molecular complexity index is 1120. The van der Waals surface area contributed by atoms with Crippen molar-refractivity contribution >= 4 is 27.7 Å². The number of piperidine rings is 1. The van der Waals surface area contributed by atoms with Gasteiger partial charge in [0.1, 0.15) is 11.3 Å². The second-order valence-electron chi connectivity index (χ2n) is 7.09. The molecule has 5 rings (SSSR count). The molecular weight excluding hydrogens is 336 g/mol. The largest absolute Gasteiger partial charge is 0.346 e. The minimum Gasteiger partial charge on any atom is -0.346 e. The Morgan fingerprint density at radius 2 is 1.78 bits per heavy atom. The summed E-state index contributed by atoms with van der Waals surface area (Å²) < 4.78 is 0. The van der Waals surface area contributed by atoms with E-state index in [0.717, 1.165) is 42.4 Å². The van der Waals surface area contributed by atoms with Crippen LogP contribution in [0.2, 0.25) is 0 Å². The molecule has 4 heterocycles. The molecule has 0 atom stereocenters. The second kappa shape index (κ2) is 6.50. The van der Waals surface area contributed by atoms with Gasteiger partial charge in [-0.3, -0.25) is 9.78 Å². The number of carbonyl (C=O) groups is 1. The molecule has 1 fully saturated rings. The fourth-order valence-corrected chi connectivity index (χ4v) is 4.15. The van der Waals surface area contributed by atoms with Gasteiger partial charge in [-0.2, -0.15) is 0 Å². The first-order valence-corrected chi connectivity index (χ1v) is 9.36. The third-order valence-electron chi connectivity index (χ3n) is 5.58. The number of likely N-dealkylation sites (tertiary alicyclic amines) is 1. The Labute approximate surface area is 157 Å². The summed E-state index contributed by atoms with van der Waals surface area (Å²) in [6.45, 7) is 1.50. The number of carbonyl (C=O) groups excluding carboxylic acids is 1. The van der Waals surface area contributed by atoms with Crippen molar-refractivity contribution in [3.05, 3.63) is 72.3 Å². The summed E-state index contributed by atoms with van der Waals surface area (Å²) in [5, 5.41) is 3.17. The Hall–Kier alpha value is -3.21. The number of aromatic amines is 1. The van der Waals surface area contributed by atoms with E-state index in [9.17, 15) is 4.79 Å². The van der Waals surface area contributed by atoms with Gasteiger partial charge >= 0.3 is 0 Å². The van der Waals surface area contributed by atoms with Gasteiger partial charge in [0.2, 0.25) is 0 Å². The van der Waals surface area contributed by atoms with Gasteiger partial charge in [-0.25, -0.2) is 4.98 Å². The van der Waals surface area contributed by atoms with Crippen LogP contribution >= 0.6 is 0 Å². The Kier molecular flexibility index (Phi) is 3.85. The van der Waals surface area contributed by atoms with Crippen LogP contribution in [0.15, 0.2) is 61.1 Å². The van der Waals surface area contributed by atoms with Crippen LogP contribution in [0.5, 0.6) is 0 Å². The highest BCUT2D eigenvalue weighted by molar-refractivity contribution is 6.05. The molecule has 0 bridgehead atoms. The number of nitrogens with zero attached hydrogens (tertiary/aromatic N) is 3. The van der Waals surface area contributed by atoms with Crippen molar-refractivity contribution in [2.24, 2.45) is 0 Å². The highest BCUT2D eigenvalue weighted by Crippen LogP contribution is 2.33. The summed E-state index contributed by atoms with van der Waals surface area (Å²) in [5.74, 6) is 0.485. The molecule has 27 heavy (non-hydrogen) atoms. The SMILES string of the molecule is O=C(c1nccc2ccccc12)N1CCC(c2c[nH]c3ncccc23)CC1. The van der Waals surface area contributed by atoms with Crippen molar-refractivity contribution in [1.82, 2.24) is 19.9 Å². The molecular formula is C22H20N4O. The Balaban J connectivity index is 1.36. The van der Waals surface area contributed by atoms with Gasteiger partial charge in [0, 0.05) is 42.5 Å². The van der Waals surface area contributed by atoms with Crippen LogP contribution in [0.4, 0.5) is 0 Å². The summed E-state index contributed by atoms with van der Waals surface area (Å²) in [7, 11) is 0. The zero-order chi connectivity index (χ0) is 18.2. The van der Waals surface area contributed by atoms with E-state index in [1.807, 2.05) is 41.3 Å². The van der Waals surface area contributed by atoms with Crippen molar-refractivity contribution in [2.45, 2.75) is 18.8 Å². The molecule has 1 amide bonds. The normalized spacial score (nSPS) is 15.5. The highest BCUT2D eigenvalue weighted by Gasteiger charge is 2.27. The van der Waals surface area contributed by atoms with E-state index in [1.54, 1.807) is 12.4 Å². The Morgan fingerprint density at radius 1 is 0.963 bits per heavy atom. The van der Waals surface area contributed by atoms with Crippen molar-refractivity contribution in [3.8, 4) is 0 Å². The molecule has 0 saturated carbocycles. The number of amides is 1. The first kappa shape index (κ1) is 16.0. The second-order valence-corrected chi connectivity index (χ2v) is 7.09. The molecule has 5 heteroatoms. The molecule has 134 valence electrons. The standard InChI is InChI=1S/C22H20N4O/c27-22(20-17-5-2-1-4-15(17)7-11-23-20)26-12-8-16(9-13-26)19-14-25-21-18(19)6-3-10-24-21/h1-7,10-11,14,16H,8-9,12-13H2,(H,24,25). The fourth-order valence-electron chi connectivity index (χ4n) is 4.15. The Morgan fingerprint density at radius 3 is 2.67 bits per heavy atom. The minimum atomic E-state index is 0.0332. The lowest BCUT2D eigenvalue weighted by Crippen LogP contribution is -2.38. The van der Waals surface area contributed by atoms with Crippen LogP contribution in [0.1, 0.15) is 34.8 Å². The molecule has 0 aliphatic carbocycles. The summed E-state index contributed by atoms with van der Waals surface area (Å²) in [4.78, 5) is 27.0. The lowest BCUT2D eigenvalue weighted by Gasteiger charge is -2.32. The predicted octanol–water partition coefficient (Wildman–Crippen LogP) is 4.13. The van der Waals surface area contributed by atoms with Crippen molar-refractivity contribution < 1.29 is 4.79 Å². The average molecular weight is 356 g/mol. The van der Waals surface area contributed by atoms with Crippen LogP contribution in [0.25, 0.3) is 21.8 Å². The smallest absolute Gasteiger partial charge is 0.273 e. The van der Waals surface area contributed by atoms with E-state index in [0.29, 0.717) is 11.6 Å². The topological polar surface area (TPSA) is 61.9 Å². The summed E-state index contributed by atoms with van der Waals surface area (Å²) in [6.07, 6.45) is 7.52. The van der Waals surface area contributed by atoms with Crippen molar-refractivity contribution in [3.63, 3.8) is 0 Å². The number of fused-ring (bicyclic) bond motifs is 2. The van der Waals surface area contributed by atoms with Gasteiger partial charge in [-0.05, 0) is 47.9 Å². The summed E-state index contributed by atoms with van der Waals surface area (Å²) in [6, 6.07) is 14.0. The number of aromatic nitrogens is 3. The lowest BCUT2D eigenvalue weighted by atomic mass is 9.89. The summed E-state index contributed by atoms with van der Waals surface area (Å²) in [5.41, 5.74) is 2.81. The molecule has 3 aromatic heterocycles. The maximum Gasteiger partial charge on any atom is 0.273 e. The quantitative estimate of drug-likeness (QED) is 0.587. The third-order valence-corrected chi connectivity index (χ3v) is 5.58. The van der Waals surface area contributed by atoms with Gasteiger partial charge in [0.25, 0.3) is 5.91 Å². The van der Waals surface area contributed by atoms with Crippen LogP contribution in [0, 0.1) is 0 Å². The molecule has 0 spiro atoms. The zero-order valence-electron chi connectivity index (χ0n) is 14.9. The summed E-state index contributed by atoms with van der Waals surface area (Å²) >= 11 is 0. The maximum atomic E-state index is 13.1. The van der Waals surface area contributed by atoms with E-state index >= 15 is 0 Å². The van der Waals surface area contributed by atoms with Gasteiger partial charge in [-0.15, -0.1) is 0 Å². The van der Waals surface area contributed by atoms with E-state index in [1.165, 1.54) is 10.9 Å². The van der Waals surface area contributed by atoms with Gasteiger partial charge in [0.05, 0.1) is 0 Å². The first-order chi connectivity index (χ1) is 13.3. The van der Waals surface area contributed by atoms with Crippen LogP contribution in [-0.4, -0.2) is 38.8 Å². The van der Waals surface area contributed by atoms with Crippen molar-refractivity contribution in [2.75, 3.05) is 13.1 Å². The fraction of sp³-hybridized carbons (Fsp3) is 0.227. The zero-order valence-corrected chi connectivity index (χ0v) is 14.9. The molecule has 4 aromatic rings. The van der Waals surface area contributed by atoms with E-state index in [2.05, 4.69) is 27.2 Å². The number of nitrogens with one attached hydrogen (secondary N) is 1. The molecule has 1 aliphatic heterocycles. The van der Waals surface area contributed by atoms with Crippen LogP contribution in [0.3, 0.4) is 0 Å². The van der Waals surface area contributed by atoms with Crippen LogP contribution in [-0.2, 0) is 0 Å². The number of hydrogen-bond donors (Lipinski definition) is 1. The average Bonchev–Trinajstić information content (AvgIpc) is 3.17. The molecule has 1 N–H and O–H groups in total. The number of H-pyrrole nitrogens is 1. The molecule has 0 unspecified atom stereocenters. The monoisotopic (exact) mass is 356 g/mol. The maximum absolute atomic E-state index is 13.1.